The molecule has 1 aliphatic rings. The van der Waals surface area contributed by atoms with Crippen molar-refractivity contribution in [2.24, 2.45) is 0 Å². The van der Waals surface area contributed by atoms with E-state index in [1.54, 1.807) is 0 Å². The second-order valence-corrected chi connectivity index (χ2v) is 4.81. The minimum atomic E-state index is -0.477. The largest absolute Gasteiger partial charge is 0.468 e. The van der Waals surface area contributed by atoms with E-state index in [0.717, 1.165) is 32.5 Å². The van der Waals surface area contributed by atoms with Gasteiger partial charge >= 0.3 is 5.97 Å². The zero-order valence-electron chi connectivity index (χ0n) is 10.9. The van der Waals surface area contributed by atoms with E-state index in [0.29, 0.717) is 6.04 Å². The normalized spacial score (nSPS) is 26.3. The molecule has 0 aromatic rings. The molecule has 4 heteroatoms. The van der Waals surface area contributed by atoms with Crippen molar-refractivity contribution in [2.45, 2.75) is 45.2 Å². The molecule has 0 saturated carbocycles. The second kappa shape index (κ2) is 5.64. The zero-order valence-corrected chi connectivity index (χ0v) is 10.9. The van der Waals surface area contributed by atoms with Crippen molar-refractivity contribution >= 4 is 5.97 Å². The van der Waals surface area contributed by atoms with E-state index in [1.807, 2.05) is 0 Å². The summed E-state index contributed by atoms with van der Waals surface area (Å²) in [6.07, 6.45) is 1.87. The van der Waals surface area contributed by atoms with E-state index >= 15 is 0 Å². The number of esters is 1. The summed E-state index contributed by atoms with van der Waals surface area (Å²) in [5.74, 6) is -0.121. The first-order valence-electron chi connectivity index (χ1n) is 6.13. The molecule has 0 amide bonds. The highest BCUT2D eigenvalue weighted by Crippen LogP contribution is 2.24. The fourth-order valence-corrected chi connectivity index (χ4v) is 2.22. The van der Waals surface area contributed by atoms with Gasteiger partial charge in [-0.15, -0.1) is 0 Å². The average molecular weight is 228 g/mol. The monoisotopic (exact) mass is 228 g/mol. The van der Waals surface area contributed by atoms with Crippen molar-refractivity contribution in [3.05, 3.63) is 0 Å². The maximum Gasteiger partial charge on any atom is 0.327 e. The number of methoxy groups -OCH3 is 1. The molecule has 0 aromatic carbocycles. The summed E-state index contributed by atoms with van der Waals surface area (Å²) in [7, 11) is 1.47. The van der Waals surface area contributed by atoms with Crippen LogP contribution in [-0.2, 0) is 9.53 Å². The third-order valence-electron chi connectivity index (χ3n) is 3.32. The van der Waals surface area contributed by atoms with Gasteiger partial charge < -0.3 is 10.1 Å². The molecular formula is C12H24N2O2. The van der Waals surface area contributed by atoms with Crippen molar-refractivity contribution in [3.63, 3.8) is 0 Å². The molecule has 1 saturated heterocycles. The Hall–Kier alpha value is -0.610. The van der Waals surface area contributed by atoms with Gasteiger partial charge in [0.2, 0.25) is 0 Å². The third kappa shape index (κ3) is 2.74. The van der Waals surface area contributed by atoms with Crippen molar-refractivity contribution in [2.75, 3.05) is 26.7 Å². The number of hydrogen-bond acceptors (Lipinski definition) is 4. The molecule has 94 valence electrons. The summed E-state index contributed by atoms with van der Waals surface area (Å²) >= 11 is 0. The summed E-state index contributed by atoms with van der Waals surface area (Å²) in [5.41, 5.74) is -0.477. The Balaban J connectivity index is 2.70. The second-order valence-electron chi connectivity index (χ2n) is 4.81. The maximum atomic E-state index is 11.9. The highest BCUT2D eigenvalue weighted by atomic mass is 16.5. The molecule has 16 heavy (non-hydrogen) atoms. The fourth-order valence-electron chi connectivity index (χ4n) is 2.22. The van der Waals surface area contributed by atoms with Crippen LogP contribution in [0.25, 0.3) is 0 Å². The lowest BCUT2D eigenvalue weighted by molar-refractivity contribution is -0.148. The first-order chi connectivity index (χ1) is 7.55. The van der Waals surface area contributed by atoms with Crippen LogP contribution >= 0.6 is 0 Å². The van der Waals surface area contributed by atoms with Crippen molar-refractivity contribution < 1.29 is 9.53 Å². The van der Waals surface area contributed by atoms with Gasteiger partial charge in [-0.2, -0.15) is 0 Å². The van der Waals surface area contributed by atoms with E-state index in [9.17, 15) is 4.79 Å². The first-order valence-corrected chi connectivity index (χ1v) is 6.13. The summed E-state index contributed by atoms with van der Waals surface area (Å²) in [4.78, 5) is 14.2. The average Bonchev–Trinajstić information content (AvgIpc) is 2.71. The predicted molar refractivity (Wildman–Crippen MR) is 64.4 cm³/mol. The molecule has 1 fully saturated rings. The number of nitrogens with zero attached hydrogens (tertiary/aromatic N) is 1. The highest BCUT2D eigenvalue weighted by Gasteiger charge is 2.45. The summed E-state index contributed by atoms with van der Waals surface area (Å²) < 4.78 is 4.93. The molecule has 1 aliphatic heterocycles. The molecule has 4 nitrogen and oxygen atoms in total. The minimum Gasteiger partial charge on any atom is -0.468 e. The van der Waals surface area contributed by atoms with Gasteiger partial charge in [-0.05, 0) is 33.2 Å². The van der Waals surface area contributed by atoms with Crippen molar-refractivity contribution in [1.82, 2.24) is 10.2 Å². The van der Waals surface area contributed by atoms with Gasteiger partial charge in [0.1, 0.15) is 5.54 Å². The van der Waals surface area contributed by atoms with Crippen LogP contribution < -0.4 is 5.32 Å². The van der Waals surface area contributed by atoms with Crippen LogP contribution in [0.4, 0.5) is 0 Å². The topological polar surface area (TPSA) is 41.6 Å². The predicted octanol–water partition coefficient (Wildman–Crippen LogP) is 1.01. The zero-order chi connectivity index (χ0) is 12.2. The van der Waals surface area contributed by atoms with Gasteiger partial charge in [-0.25, -0.2) is 0 Å². The molecule has 1 rings (SSSR count). The minimum absolute atomic E-state index is 0.121. The van der Waals surface area contributed by atoms with Crippen LogP contribution in [0.3, 0.4) is 0 Å². The number of carbonyl (C=O) groups excluding carboxylic acids is 1. The lowest BCUT2D eigenvalue weighted by Gasteiger charge is -2.29. The van der Waals surface area contributed by atoms with Crippen molar-refractivity contribution in [3.8, 4) is 0 Å². The molecule has 1 atom stereocenters. The Kier molecular flexibility index (Phi) is 4.74. The van der Waals surface area contributed by atoms with Crippen molar-refractivity contribution in [1.29, 1.82) is 0 Å². The van der Waals surface area contributed by atoms with Crippen LogP contribution in [0, 0.1) is 0 Å². The van der Waals surface area contributed by atoms with E-state index in [4.69, 9.17) is 4.74 Å². The number of likely N-dealkylation sites (tertiary alicyclic amines) is 1. The Morgan fingerprint density at radius 1 is 1.56 bits per heavy atom. The summed E-state index contributed by atoms with van der Waals surface area (Å²) in [6, 6.07) is 0.481. The van der Waals surface area contributed by atoms with Gasteiger partial charge in [0.05, 0.1) is 7.11 Å². The van der Waals surface area contributed by atoms with Crippen LogP contribution in [0.2, 0.25) is 0 Å². The van der Waals surface area contributed by atoms with Crippen LogP contribution in [0.15, 0.2) is 0 Å². The van der Waals surface area contributed by atoms with Gasteiger partial charge in [-0.1, -0.05) is 6.92 Å². The lowest BCUT2D eigenvalue weighted by atomic mass is 9.98. The lowest BCUT2D eigenvalue weighted by Crippen LogP contribution is -2.55. The standard InChI is InChI=1S/C12H24N2O2/c1-5-7-13-12(11(15)16-4)6-8-14(9-12)10(2)3/h10,13H,5-9H2,1-4H3. The van der Waals surface area contributed by atoms with Crippen LogP contribution in [0.5, 0.6) is 0 Å². The Morgan fingerprint density at radius 2 is 2.25 bits per heavy atom. The van der Waals surface area contributed by atoms with Crippen LogP contribution in [-0.4, -0.2) is 49.2 Å². The van der Waals surface area contributed by atoms with Gasteiger partial charge in [0.15, 0.2) is 0 Å². The van der Waals surface area contributed by atoms with Gasteiger partial charge in [0, 0.05) is 19.1 Å². The van der Waals surface area contributed by atoms with E-state index in [-0.39, 0.29) is 5.97 Å². The molecule has 0 aliphatic carbocycles. The molecule has 0 spiro atoms. The third-order valence-corrected chi connectivity index (χ3v) is 3.32. The fraction of sp³-hybridized carbons (Fsp3) is 0.917. The Morgan fingerprint density at radius 3 is 2.69 bits per heavy atom. The number of nitrogens with one attached hydrogen (secondary N) is 1. The number of rotatable bonds is 5. The Labute approximate surface area is 98.3 Å². The van der Waals surface area contributed by atoms with E-state index in [2.05, 4.69) is 31.0 Å². The van der Waals surface area contributed by atoms with Gasteiger partial charge in [0.25, 0.3) is 0 Å². The molecule has 1 heterocycles. The first kappa shape index (κ1) is 13.5. The summed E-state index contributed by atoms with van der Waals surface area (Å²) in [5, 5.41) is 3.36. The highest BCUT2D eigenvalue weighted by molar-refractivity contribution is 5.81. The van der Waals surface area contributed by atoms with E-state index < -0.39 is 5.54 Å². The SMILES string of the molecule is CCCNC1(C(=O)OC)CCN(C(C)C)C1. The van der Waals surface area contributed by atoms with Crippen LogP contribution in [0.1, 0.15) is 33.6 Å². The van der Waals surface area contributed by atoms with E-state index in [1.165, 1.54) is 7.11 Å². The molecule has 0 aromatic heterocycles. The molecule has 0 radical (unpaired) electrons. The summed E-state index contributed by atoms with van der Waals surface area (Å²) in [6.45, 7) is 9.01. The number of ether oxygens (including phenoxy) is 1. The molecule has 1 N–H and O–H groups in total. The molecular weight excluding hydrogens is 204 g/mol. The number of carbonyl (C=O) groups is 1. The maximum absolute atomic E-state index is 11.9. The smallest absolute Gasteiger partial charge is 0.327 e. The quantitative estimate of drug-likeness (QED) is 0.713. The molecule has 1 unspecified atom stereocenters. The Bertz CT molecular complexity index is 243. The van der Waals surface area contributed by atoms with Gasteiger partial charge in [-0.3, -0.25) is 9.69 Å². The molecule has 0 bridgehead atoms. The number of hydrogen-bond donors (Lipinski definition) is 1.